The molecule has 0 unspecified atom stereocenters. The van der Waals surface area contributed by atoms with Crippen LogP contribution in [0.2, 0.25) is 0 Å². The second kappa shape index (κ2) is 9.06. The number of hydrogen-bond acceptors (Lipinski definition) is 5. The summed E-state index contributed by atoms with van der Waals surface area (Å²) in [5, 5.41) is 14.6. The van der Waals surface area contributed by atoms with Crippen LogP contribution >= 0.6 is 11.3 Å². The number of amides is 1. The van der Waals surface area contributed by atoms with Gasteiger partial charge in [-0.3, -0.25) is 4.79 Å². The monoisotopic (exact) mass is 420 g/mol. The number of rotatable bonds is 5. The number of thiazole rings is 1. The zero-order valence-corrected chi connectivity index (χ0v) is 17.2. The van der Waals surface area contributed by atoms with Gasteiger partial charge in [-0.1, -0.05) is 12.1 Å². The summed E-state index contributed by atoms with van der Waals surface area (Å²) in [6, 6.07) is 16.2. The molecule has 0 bridgehead atoms. The maximum absolute atomic E-state index is 13.4. The number of hydrogen-bond donors (Lipinski definition) is 1. The lowest BCUT2D eigenvalue weighted by Crippen LogP contribution is -2.45. The van der Waals surface area contributed by atoms with Gasteiger partial charge in [-0.05, 0) is 49.2 Å². The van der Waals surface area contributed by atoms with Gasteiger partial charge in [0.05, 0.1) is 23.7 Å². The lowest BCUT2D eigenvalue weighted by molar-refractivity contribution is -0.121. The highest BCUT2D eigenvalue weighted by Gasteiger charge is 2.21. The predicted molar refractivity (Wildman–Crippen MR) is 116 cm³/mol. The van der Waals surface area contributed by atoms with Crippen LogP contribution in [0.5, 0.6) is 0 Å². The van der Waals surface area contributed by atoms with Crippen molar-refractivity contribution in [2.45, 2.75) is 25.3 Å². The standard InChI is InChI=1S/C23H21FN4OS/c24-18-3-1-2-17(12-18)23-27-20(15-30-23)13-22(29)26-19-8-10-28(11-9-19)21-6-4-16(14-25)5-7-21/h1-7,12,15,19H,8-11,13H2,(H,26,29). The van der Waals surface area contributed by atoms with Crippen LogP contribution in [0, 0.1) is 17.1 Å². The topological polar surface area (TPSA) is 69.0 Å². The molecule has 0 saturated carbocycles. The highest BCUT2D eigenvalue weighted by atomic mass is 32.1. The highest BCUT2D eigenvalue weighted by Crippen LogP contribution is 2.25. The van der Waals surface area contributed by atoms with Gasteiger partial charge in [-0.25, -0.2) is 9.37 Å². The van der Waals surface area contributed by atoms with E-state index >= 15 is 0 Å². The fourth-order valence-electron chi connectivity index (χ4n) is 3.61. The van der Waals surface area contributed by atoms with Crippen molar-refractivity contribution in [1.82, 2.24) is 10.3 Å². The van der Waals surface area contributed by atoms with E-state index in [1.165, 1.54) is 23.5 Å². The molecule has 2 aromatic carbocycles. The van der Waals surface area contributed by atoms with Crippen LogP contribution in [0.1, 0.15) is 24.1 Å². The maximum atomic E-state index is 13.4. The van der Waals surface area contributed by atoms with Crippen molar-refractivity contribution in [1.29, 1.82) is 5.26 Å². The summed E-state index contributed by atoms with van der Waals surface area (Å²) in [5.74, 6) is -0.336. The molecule has 0 spiro atoms. The van der Waals surface area contributed by atoms with Gasteiger partial charge < -0.3 is 10.2 Å². The molecule has 0 radical (unpaired) electrons. The summed E-state index contributed by atoms with van der Waals surface area (Å²) in [6.07, 6.45) is 1.97. The van der Waals surface area contributed by atoms with Gasteiger partial charge in [0, 0.05) is 35.8 Å². The molecule has 7 heteroatoms. The van der Waals surface area contributed by atoms with Crippen molar-refractivity contribution < 1.29 is 9.18 Å². The van der Waals surface area contributed by atoms with Gasteiger partial charge in [0.15, 0.2) is 0 Å². The minimum absolute atomic E-state index is 0.0390. The van der Waals surface area contributed by atoms with E-state index in [0.717, 1.165) is 37.2 Å². The second-order valence-electron chi connectivity index (χ2n) is 7.32. The van der Waals surface area contributed by atoms with E-state index in [2.05, 4.69) is 21.3 Å². The molecule has 1 aliphatic heterocycles. The van der Waals surface area contributed by atoms with E-state index in [9.17, 15) is 9.18 Å². The summed E-state index contributed by atoms with van der Waals surface area (Å²) in [7, 11) is 0. The van der Waals surface area contributed by atoms with Crippen molar-refractivity contribution in [3.8, 4) is 16.6 Å². The molecule has 30 heavy (non-hydrogen) atoms. The first-order valence-electron chi connectivity index (χ1n) is 9.85. The molecule has 3 aromatic rings. The predicted octanol–water partition coefficient (Wildman–Crippen LogP) is 4.15. The number of nitriles is 1. The van der Waals surface area contributed by atoms with Crippen LogP contribution in [0.4, 0.5) is 10.1 Å². The zero-order valence-electron chi connectivity index (χ0n) is 16.3. The van der Waals surface area contributed by atoms with E-state index in [1.807, 2.05) is 35.7 Å². The molecule has 1 aromatic heterocycles. The number of aromatic nitrogens is 1. The SMILES string of the molecule is N#Cc1ccc(N2CCC(NC(=O)Cc3csc(-c4cccc(F)c4)n3)CC2)cc1. The molecule has 2 heterocycles. The average molecular weight is 421 g/mol. The number of nitrogens with zero attached hydrogens (tertiary/aromatic N) is 3. The molecule has 1 saturated heterocycles. The Morgan fingerprint density at radius 2 is 2.00 bits per heavy atom. The Morgan fingerprint density at radius 3 is 2.70 bits per heavy atom. The third-order valence-corrected chi connectivity index (χ3v) is 6.13. The van der Waals surface area contributed by atoms with E-state index in [-0.39, 0.29) is 24.2 Å². The average Bonchev–Trinajstić information content (AvgIpc) is 3.23. The third kappa shape index (κ3) is 4.84. The Balaban J connectivity index is 1.27. The summed E-state index contributed by atoms with van der Waals surface area (Å²) in [5.41, 5.74) is 3.18. The highest BCUT2D eigenvalue weighted by molar-refractivity contribution is 7.13. The molecule has 4 rings (SSSR count). The molecule has 1 N–H and O–H groups in total. The summed E-state index contributed by atoms with van der Waals surface area (Å²) >= 11 is 1.42. The Bertz CT molecular complexity index is 1070. The van der Waals surface area contributed by atoms with Crippen LogP contribution in [-0.4, -0.2) is 30.0 Å². The summed E-state index contributed by atoms with van der Waals surface area (Å²) in [6.45, 7) is 1.72. The fourth-order valence-corrected chi connectivity index (χ4v) is 4.43. The maximum Gasteiger partial charge on any atom is 0.226 e. The second-order valence-corrected chi connectivity index (χ2v) is 8.18. The minimum Gasteiger partial charge on any atom is -0.371 e. The molecular weight excluding hydrogens is 399 g/mol. The lowest BCUT2D eigenvalue weighted by atomic mass is 10.0. The number of carbonyl (C=O) groups is 1. The molecule has 1 amide bonds. The van der Waals surface area contributed by atoms with Gasteiger partial charge >= 0.3 is 0 Å². The number of anilines is 1. The van der Waals surface area contributed by atoms with Crippen LogP contribution in [0.25, 0.3) is 10.6 Å². The normalized spacial score (nSPS) is 14.3. The number of halogens is 1. The first-order valence-corrected chi connectivity index (χ1v) is 10.7. The Kier molecular flexibility index (Phi) is 6.05. The molecule has 0 aliphatic carbocycles. The lowest BCUT2D eigenvalue weighted by Gasteiger charge is -2.34. The van der Waals surface area contributed by atoms with E-state index < -0.39 is 0 Å². The molecule has 152 valence electrons. The van der Waals surface area contributed by atoms with Crippen LogP contribution in [-0.2, 0) is 11.2 Å². The van der Waals surface area contributed by atoms with Gasteiger partial charge in [-0.15, -0.1) is 11.3 Å². The fraction of sp³-hybridized carbons (Fsp3) is 0.261. The van der Waals surface area contributed by atoms with Crippen molar-refractivity contribution in [3.63, 3.8) is 0 Å². The van der Waals surface area contributed by atoms with Crippen molar-refractivity contribution in [3.05, 3.63) is 71.0 Å². The van der Waals surface area contributed by atoms with Crippen LogP contribution < -0.4 is 10.2 Å². The Labute approximate surface area is 178 Å². The first kappa shape index (κ1) is 20.0. The third-order valence-electron chi connectivity index (χ3n) is 5.19. The van der Waals surface area contributed by atoms with E-state index in [1.54, 1.807) is 6.07 Å². The summed E-state index contributed by atoms with van der Waals surface area (Å²) in [4.78, 5) is 19.2. The van der Waals surface area contributed by atoms with Gasteiger partial charge in [0.25, 0.3) is 0 Å². The number of carbonyl (C=O) groups excluding carboxylic acids is 1. The van der Waals surface area contributed by atoms with E-state index in [0.29, 0.717) is 16.3 Å². The molecule has 1 fully saturated rings. The number of benzene rings is 2. The van der Waals surface area contributed by atoms with Crippen molar-refractivity contribution >= 4 is 22.9 Å². The Hall–Kier alpha value is -3.24. The van der Waals surface area contributed by atoms with Gasteiger partial charge in [0.1, 0.15) is 10.8 Å². The molecule has 5 nitrogen and oxygen atoms in total. The Morgan fingerprint density at radius 1 is 1.23 bits per heavy atom. The minimum atomic E-state index is -0.297. The van der Waals surface area contributed by atoms with Gasteiger partial charge in [-0.2, -0.15) is 5.26 Å². The number of nitrogens with one attached hydrogen (secondary N) is 1. The number of piperidine rings is 1. The molecule has 1 aliphatic rings. The quantitative estimate of drug-likeness (QED) is 0.673. The van der Waals surface area contributed by atoms with Crippen molar-refractivity contribution in [2.75, 3.05) is 18.0 Å². The smallest absolute Gasteiger partial charge is 0.226 e. The van der Waals surface area contributed by atoms with Crippen molar-refractivity contribution in [2.24, 2.45) is 0 Å². The van der Waals surface area contributed by atoms with Crippen LogP contribution in [0.3, 0.4) is 0 Å². The largest absolute Gasteiger partial charge is 0.371 e. The van der Waals surface area contributed by atoms with Crippen LogP contribution in [0.15, 0.2) is 53.9 Å². The molecule has 0 atom stereocenters. The molecular formula is C23H21FN4OS. The first-order chi connectivity index (χ1) is 14.6. The zero-order chi connectivity index (χ0) is 20.9. The summed E-state index contributed by atoms with van der Waals surface area (Å²) < 4.78 is 13.4. The van der Waals surface area contributed by atoms with Gasteiger partial charge in [0.2, 0.25) is 5.91 Å². The van der Waals surface area contributed by atoms with E-state index in [4.69, 9.17) is 5.26 Å².